The van der Waals surface area contributed by atoms with Gasteiger partial charge in [0.15, 0.2) is 0 Å². The number of rotatable bonds is 6. The molecule has 1 unspecified atom stereocenters. The summed E-state index contributed by atoms with van der Waals surface area (Å²) in [4.78, 5) is 2.45. The van der Waals surface area contributed by atoms with Crippen LogP contribution in [0.1, 0.15) is 44.7 Å². The lowest BCUT2D eigenvalue weighted by Crippen LogP contribution is -2.38. The highest BCUT2D eigenvalue weighted by molar-refractivity contribution is 9.10. The molecule has 1 atom stereocenters. The number of hydrogen-bond donors (Lipinski definition) is 1. The van der Waals surface area contributed by atoms with E-state index in [1.165, 1.54) is 12.8 Å². The Hall–Kier alpha value is -0.450. The number of nitrogens with one attached hydrogen (secondary N) is 1. The molecule has 1 aromatic carbocycles. The average molecular weight is 357 g/mol. The summed E-state index contributed by atoms with van der Waals surface area (Å²) in [5.41, 5.74) is 0.798. The van der Waals surface area contributed by atoms with Crippen molar-refractivity contribution in [1.82, 2.24) is 10.2 Å². The van der Waals surface area contributed by atoms with Crippen LogP contribution in [0.5, 0.6) is 0 Å². The molecule has 0 aliphatic carbocycles. The third-order valence-electron chi connectivity index (χ3n) is 4.42. The van der Waals surface area contributed by atoms with E-state index in [1.54, 1.807) is 12.1 Å². The summed E-state index contributed by atoms with van der Waals surface area (Å²) in [5, 5.41) is 3.41. The van der Waals surface area contributed by atoms with Gasteiger partial charge in [0, 0.05) is 22.6 Å². The van der Waals surface area contributed by atoms with Gasteiger partial charge in [0.25, 0.3) is 0 Å². The molecule has 4 heteroatoms. The highest BCUT2D eigenvalue weighted by atomic mass is 79.9. The molecule has 118 valence electrons. The van der Waals surface area contributed by atoms with Gasteiger partial charge in [-0.1, -0.05) is 22.9 Å². The smallest absolute Gasteiger partial charge is 0.128 e. The summed E-state index contributed by atoms with van der Waals surface area (Å²) < 4.78 is 15.1. The fraction of sp³-hybridized carbons (Fsp3) is 0.647. The van der Waals surface area contributed by atoms with Crippen molar-refractivity contribution in [1.29, 1.82) is 0 Å². The van der Waals surface area contributed by atoms with Crippen LogP contribution in [-0.2, 0) is 0 Å². The Morgan fingerprint density at radius 2 is 2.10 bits per heavy atom. The van der Waals surface area contributed by atoms with E-state index in [4.69, 9.17) is 0 Å². The van der Waals surface area contributed by atoms with E-state index in [2.05, 4.69) is 40.0 Å². The molecular formula is C17H26BrFN2. The first-order valence-corrected chi connectivity index (χ1v) is 8.80. The van der Waals surface area contributed by atoms with Crippen molar-refractivity contribution in [2.45, 2.75) is 39.2 Å². The number of halogens is 2. The monoisotopic (exact) mass is 356 g/mol. The van der Waals surface area contributed by atoms with Crippen molar-refractivity contribution in [2.24, 2.45) is 5.92 Å². The van der Waals surface area contributed by atoms with Crippen LogP contribution < -0.4 is 5.32 Å². The van der Waals surface area contributed by atoms with Crippen LogP contribution in [0.15, 0.2) is 22.7 Å². The number of benzene rings is 1. The summed E-state index contributed by atoms with van der Waals surface area (Å²) in [6.07, 6.45) is 3.56. The second kappa shape index (κ2) is 8.25. The van der Waals surface area contributed by atoms with Gasteiger partial charge in [-0.2, -0.15) is 0 Å². The van der Waals surface area contributed by atoms with Gasteiger partial charge in [-0.15, -0.1) is 0 Å². The molecule has 0 saturated carbocycles. The maximum absolute atomic E-state index is 14.1. The lowest BCUT2D eigenvalue weighted by molar-refractivity contribution is 0.158. The van der Waals surface area contributed by atoms with Gasteiger partial charge in [-0.05, 0) is 69.9 Å². The standard InChI is InChI=1S/C17H26BrFN2/c1-3-10-21(12-14-6-8-20-9-7-14)13(2)16-11-15(18)4-5-17(16)19/h4-5,11,13-14,20H,3,6-10,12H2,1-2H3. The number of hydrogen-bond acceptors (Lipinski definition) is 2. The van der Waals surface area contributed by atoms with Gasteiger partial charge >= 0.3 is 0 Å². The molecule has 0 spiro atoms. The molecule has 2 rings (SSSR count). The van der Waals surface area contributed by atoms with E-state index >= 15 is 0 Å². The molecule has 0 radical (unpaired) electrons. The third-order valence-corrected chi connectivity index (χ3v) is 4.91. The summed E-state index contributed by atoms with van der Waals surface area (Å²) in [6, 6.07) is 5.37. The molecule has 1 N–H and O–H groups in total. The zero-order valence-corrected chi connectivity index (χ0v) is 14.6. The van der Waals surface area contributed by atoms with Gasteiger partial charge in [-0.3, -0.25) is 4.90 Å². The molecule has 0 aromatic heterocycles. The molecule has 2 nitrogen and oxygen atoms in total. The van der Waals surface area contributed by atoms with Crippen LogP contribution in [0.3, 0.4) is 0 Å². The quantitative estimate of drug-likeness (QED) is 0.814. The van der Waals surface area contributed by atoms with Gasteiger partial charge in [0.1, 0.15) is 5.82 Å². The van der Waals surface area contributed by atoms with Crippen LogP contribution >= 0.6 is 15.9 Å². The van der Waals surface area contributed by atoms with Crippen molar-refractivity contribution in [3.63, 3.8) is 0 Å². The molecule has 1 heterocycles. The summed E-state index contributed by atoms with van der Waals surface area (Å²) >= 11 is 3.46. The maximum Gasteiger partial charge on any atom is 0.128 e. The predicted octanol–water partition coefficient (Wildman–Crippen LogP) is 4.36. The van der Waals surface area contributed by atoms with Crippen molar-refractivity contribution < 1.29 is 4.39 Å². The second-order valence-electron chi connectivity index (χ2n) is 6.03. The van der Waals surface area contributed by atoms with Crippen molar-refractivity contribution in [3.05, 3.63) is 34.1 Å². The van der Waals surface area contributed by atoms with E-state index < -0.39 is 0 Å². The Labute approximate surface area is 136 Å². The lowest BCUT2D eigenvalue weighted by Gasteiger charge is -2.34. The molecule has 21 heavy (non-hydrogen) atoms. The van der Waals surface area contributed by atoms with Gasteiger partial charge in [0.05, 0.1) is 0 Å². The minimum Gasteiger partial charge on any atom is -0.317 e. The van der Waals surface area contributed by atoms with E-state index in [0.717, 1.165) is 48.6 Å². The first-order chi connectivity index (χ1) is 10.1. The van der Waals surface area contributed by atoms with Gasteiger partial charge < -0.3 is 5.32 Å². The zero-order valence-electron chi connectivity index (χ0n) is 13.0. The van der Waals surface area contributed by atoms with Crippen LogP contribution in [-0.4, -0.2) is 31.1 Å². The van der Waals surface area contributed by atoms with Crippen LogP contribution in [0, 0.1) is 11.7 Å². The summed E-state index contributed by atoms with van der Waals surface area (Å²) in [5.74, 6) is 0.632. The molecule has 1 saturated heterocycles. The Bertz CT molecular complexity index is 446. The Balaban J connectivity index is 2.10. The highest BCUT2D eigenvalue weighted by Crippen LogP contribution is 2.28. The van der Waals surface area contributed by atoms with Crippen LogP contribution in [0.25, 0.3) is 0 Å². The van der Waals surface area contributed by atoms with Crippen molar-refractivity contribution in [2.75, 3.05) is 26.2 Å². The van der Waals surface area contributed by atoms with Crippen LogP contribution in [0.2, 0.25) is 0 Å². The third kappa shape index (κ3) is 4.76. The first kappa shape index (κ1) is 16.9. The van der Waals surface area contributed by atoms with E-state index in [-0.39, 0.29) is 11.9 Å². The SMILES string of the molecule is CCCN(CC1CCNCC1)C(C)c1cc(Br)ccc1F. The van der Waals surface area contributed by atoms with Crippen molar-refractivity contribution in [3.8, 4) is 0 Å². The largest absolute Gasteiger partial charge is 0.317 e. The topological polar surface area (TPSA) is 15.3 Å². The normalized spacial score (nSPS) is 18.1. The molecule has 0 bridgehead atoms. The molecule has 1 fully saturated rings. The predicted molar refractivity (Wildman–Crippen MR) is 90.0 cm³/mol. The first-order valence-electron chi connectivity index (χ1n) is 8.01. The Morgan fingerprint density at radius 1 is 1.38 bits per heavy atom. The molecule has 1 aliphatic heterocycles. The molecule has 0 amide bonds. The molecular weight excluding hydrogens is 331 g/mol. The lowest BCUT2D eigenvalue weighted by atomic mass is 9.96. The minimum atomic E-state index is -0.0999. The zero-order chi connectivity index (χ0) is 15.2. The molecule has 1 aromatic rings. The fourth-order valence-electron chi connectivity index (χ4n) is 3.16. The minimum absolute atomic E-state index is 0.0999. The second-order valence-corrected chi connectivity index (χ2v) is 6.95. The average Bonchev–Trinajstić information content (AvgIpc) is 2.49. The van der Waals surface area contributed by atoms with E-state index in [9.17, 15) is 4.39 Å². The van der Waals surface area contributed by atoms with Crippen LogP contribution in [0.4, 0.5) is 4.39 Å². The van der Waals surface area contributed by atoms with Gasteiger partial charge in [-0.25, -0.2) is 4.39 Å². The van der Waals surface area contributed by atoms with Crippen molar-refractivity contribution >= 4 is 15.9 Å². The Morgan fingerprint density at radius 3 is 2.76 bits per heavy atom. The summed E-state index contributed by atoms with van der Waals surface area (Å²) in [6.45, 7) is 8.65. The highest BCUT2D eigenvalue weighted by Gasteiger charge is 2.23. The van der Waals surface area contributed by atoms with Gasteiger partial charge in [0.2, 0.25) is 0 Å². The maximum atomic E-state index is 14.1. The Kier molecular flexibility index (Phi) is 6.65. The molecule has 1 aliphatic rings. The summed E-state index contributed by atoms with van der Waals surface area (Å²) in [7, 11) is 0. The number of piperidine rings is 1. The number of nitrogens with zero attached hydrogens (tertiary/aromatic N) is 1. The van der Waals surface area contributed by atoms with E-state index in [0.29, 0.717) is 0 Å². The fourth-order valence-corrected chi connectivity index (χ4v) is 3.54. The van der Waals surface area contributed by atoms with E-state index in [1.807, 2.05) is 6.07 Å².